The average Bonchev–Trinajstić information content (AvgIpc) is 2.92. The van der Waals surface area contributed by atoms with Gasteiger partial charge in [0.2, 0.25) is 11.8 Å². The van der Waals surface area contributed by atoms with Gasteiger partial charge in [-0.1, -0.05) is 25.4 Å². The van der Waals surface area contributed by atoms with E-state index in [0.717, 1.165) is 9.13 Å². The Morgan fingerprint density at radius 1 is 1.26 bits per heavy atom. The van der Waals surface area contributed by atoms with Gasteiger partial charge in [0.25, 0.3) is 0 Å². The molecule has 0 atom stereocenters. The van der Waals surface area contributed by atoms with Crippen LogP contribution in [0.1, 0.15) is 13.8 Å². The van der Waals surface area contributed by atoms with Crippen molar-refractivity contribution in [3.8, 4) is 11.5 Å². The van der Waals surface area contributed by atoms with Gasteiger partial charge in [0.05, 0.1) is 10.6 Å². The maximum absolute atomic E-state index is 11.8. The Morgan fingerprint density at radius 3 is 2.78 bits per heavy atom. The van der Waals surface area contributed by atoms with Crippen LogP contribution >= 0.6 is 34.2 Å². The molecule has 0 aliphatic carbocycles. The minimum absolute atomic E-state index is 0.0336. The summed E-state index contributed by atoms with van der Waals surface area (Å²) in [5.41, 5.74) is 2.78. The van der Waals surface area contributed by atoms with E-state index in [9.17, 15) is 4.79 Å². The zero-order chi connectivity index (χ0) is 16.6. The van der Waals surface area contributed by atoms with Crippen molar-refractivity contribution < 1.29 is 9.21 Å². The summed E-state index contributed by atoms with van der Waals surface area (Å²) in [7, 11) is 0. The topological polar surface area (TPSA) is 55.1 Å². The highest BCUT2D eigenvalue weighted by Crippen LogP contribution is 2.32. The minimum Gasteiger partial charge on any atom is -0.436 e. The van der Waals surface area contributed by atoms with Crippen LogP contribution < -0.4 is 5.32 Å². The van der Waals surface area contributed by atoms with Gasteiger partial charge in [-0.2, -0.15) is 0 Å². The third kappa shape index (κ3) is 3.50. The molecule has 0 fully saturated rings. The molecule has 0 aliphatic rings. The fourth-order valence-corrected chi connectivity index (χ4v) is 2.76. The molecular formula is C17H14ClIN2O2. The highest BCUT2D eigenvalue weighted by atomic mass is 127. The number of amides is 1. The van der Waals surface area contributed by atoms with Gasteiger partial charge in [-0.25, -0.2) is 4.98 Å². The van der Waals surface area contributed by atoms with Gasteiger partial charge in [-0.3, -0.25) is 4.79 Å². The van der Waals surface area contributed by atoms with Crippen molar-refractivity contribution in [1.29, 1.82) is 0 Å². The van der Waals surface area contributed by atoms with Crippen molar-refractivity contribution in [2.24, 2.45) is 5.92 Å². The largest absolute Gasteiger partial charge is 0.436 e. The number of oxazole rings is 1. The standard InChI is InChI=1S/C17H14ClIN2O2/c1-9(2)16(22)20-11-4-6-15-14(8-11)21-17(23-15)12-7-10(19)3-5-13(12)18/h3-9H,1-2H3,(H,20,22). The number of nitrogens with one attached hydrogen (secondary N) is 1. The molecule has 6 heteroatoms. The van der Waals surface area contributed by atoms with E-state index in [4.69, 9.17) is 16.0 Å². The highest BCUT2D eigenvalue weighted by molar-refractivity contribution is 14.1. The Hall–Kier alpha value is -1.60. The highest BCUT2D eigenvalue weighted by Gasteiger charge is 2.13. The molecule has 3 rings (SSSR count). The van der Waals surface area contributed by atoms with E-state index in [-0.39, 0.29) is 11.8 Å². The molecule has 1 amide bonds. The lowest BCUT2D eigenvalue weighted by molar-refractivity contribution is -0.118. The predicted octanol–water partition coefficient (Wildman–Crippen LogP) is 5.35. The van der Waals surface area contributed by atoms with Crippen LogP contribution in [0.3, 0.4) is 0 Å². The van der Waals surface area contributed by atoms with Crippen LogP contribution in [0.15, 0.2) is 40.8 Å². The number of carbonyl (C=O) groups is 1. The third-order valence-electron chi connectivity index (χ3n) is 3.34. The minimum atomic E-state index is -0.0798. The summed E-state index contributed by atoms with van der Waals surface area (Å²) >= 11 is 8.45. The van der Waals surface area contributed by atoms with Crippen LogP contribution in [-0.4, -0.2) is 10.9 Å². The molecule has 1 N–H and O–H groups in total. The molecule has 0 radical (unpaired) electrons. The average molecular weight is 441 g/mol. The smallest absolute Gasteiger partial charge is 0.228 e. The number of carbonyl (C=O) groups excluding carboxylic acids is 1. The Labute approximate surface area is 152 Å². The summed E-state index contributed by atoms with van der Waals surface area (Å²) in [5, 5.41) is 3.44. The summed E-state index contributed by atoms with van der Waals surface area (Å²) in [6.45, 7) is 3.70. The summed E-state index contributed by atoms with van der Waals surface area (Å²) < 4.78 is 6.84. The third-order valence-corrected chi connectivity index (χ3v) is 4.34. The molecule has 0 saturated heterocycles. The molecule has 0 spiro atoms. The Kier molecular flexibility index (Phi) is 4.59. The van der Waals surface area contributed by atoms with Crippen LogP contribution in [-0.2, 0) is 4.79 Å². The quantitative estimate of drug-likeness (QED) is 0.559. The Balaban J connectivity index is 1.99. The van der Waals surface area contributed by atoms with E-state index in [2.05, 4.69) is 32.9 Å². The molecule has 118 valence electrons. The van der Waals surface area contributed by atoms with E-state index in [0.29, 0.717) is 27.7 Å². The van der Waals surface area contributed by atoms with Gasteiger partial charge in [0.15, 0.2) is 5.58 Å². The number of nitrogens with zero attached hydrogens (tertiary/aromatic N) is 1. The van der Waals surface area contributed by atoms with Crippen LogP contribution in [0, 0.1) is 9.49 Å². The molecule has 1 heterocycles. The van der Waals surface area contributed by atoms with E-state index in [1.807, 2.05) is 32.0 Å². The maximum atomic E-state index is 11.8. The number of halogens is 2. The number of anilines is 1. The molecule has 4 nitrogen and oxygen atoms in total. The first-order valence-corrected chi connectivity index (χ1v) is 8.56. The first-order valence-electron chi connectivity index (χ1n) is 7.11. The fraction of sp³-hybridized carbons (Fsp3) is 0.176. The first kappa shape index (κ1) is 16.3. The summed E-state index contributed by atoms with van der Waals surface area (Å²) in [5.74, 6) is 0.355. The van der Waals surface area contributed by atoms with Gasteiger partial charge in [-0.05, 0) is 59.0 Å². The van der Waals surface area contributed by atoms with Gasteiger partial charge in [-0.15, -0.1) is 0 Å². The van der Waals surface area contributed by atoms with Crippen molar-refractivity contribution in [2.45, 2.75) is 13.8 Å². The van der Waals surface area contributed by atoms with Crippen LogP contribution in [0.5, 0.6) is 0 Å². The van der Waals surface area contributed by atoms with Crippen molar-refractivity contribution >= 4 is 56.9 Å². The predicted molar refractivity (Wildman–Crippen MR) is 101 cm³/mol. The van der Waals surface area contributed by atoms with Crippen LogP contribution in [0.4, 0.5) is 5.69 Å². The van der Waals surface area contributed by atoms with Crippen molar-refractivity contribution in [1.82, 2.24) is 4.98 Å². The molecule has 1 aromatic heterocycles. The molecule has 3 aromatic rings. The van der Waals surface area contributed by atoms with E-state index >= 15 is 0 Å². The lowest BCUT2D eigenvalue weighted by Gasteiger charge is -2.06. The van der Waals surface area contributed by atoms with Gasteiger partial charge in [0, 0.05) is 15.2 Å². The summed E-state index contributed by atoms with van der Waals surface area (Å²) in [4.78, 5) is 16.3. The molecule has 0 unspecified atom stereocenters. The van der Waals surface area contributed by atoms with E-state index in [1.54, 1.807) is 18.2 Å². The summed E-state index contributed by atoms with van der Waals surface area (Å²) in [6, 6.07) is 11.1. The molecule has 23 heavy (non-hydrogen) atoms. The number of fused-ring (bicyclic) bond motifs is 1. The molecular weight excluding hydrogens is 427 g/mol. The zero-order valence-electron chi connectivity index (χ0n) is 12.6. The number of benzene rings is 2. The second kappa shape index (κ2) is 6.49. The second-order valence-electron chi connectivity index (χ2n) is 5.47. The van der Waals surface area contributed by atoms with Gasteiger partial charge in [0.1, 0.15) is 5.52 Å². The Bertz CT molecular complexity index is 889. The van der Waals surface area contributed by atoms with Crippen LogP contribution in [0.2, 0.25) is 5.02 Å². The SMILES string of the molecule is CC(C)C(=O)Nc1ccc2oc(-c3cc(I)ccc3Cl)nc2c1. The normalized spacial score (nSPS) is 11.2. The molecule has 0 bridgehead atoms. The fourth-order valence-electron chi connectivity index (χ4n) is 2.07. The Morgan fingerprint density at radius 2 is 2.04 bits per heavy atom. The van der Waals surface area contributed by atoms with E-state index in [1.165, 1.54) is 0 Å². The van der Waals surface area contributed by atoms with Gasteiger partial charge < -0.3 is 9.73 Å². The molecule has 2 aromatic carbocycles. The lowest BCUT2D eigenvalue weighted by Crippen LogP contribution is -2.17. The van der Waals surface area contributed by atoms with Gasteiger partial charge >= 0.3 is 0 Å². The number of hydrogen-bond acceptors (Lipinski definition) is 3. The van der Waals surface area contributed by atoms with E-state index < -0.39 is 0 Å². The maximum Gasteiger partial charge on any atom is 0.228 e. The lowest BCUT2D eigenvalue weighted by atomic mass is 10.2. The summed E-state index contributed by atoms with van der Waals surface area (Å²) in [6.07, 6.45) is 0. The number of rotatable bonds is 3. The van der Waals surface area contributed by atoms with Crippen molar-refractivity contribution in [3.63, 3.8) is 0 Å². The van der Waals surface area contributed by atoms with Crippen molar-refractivity contribution in [2.75, 3.05) is 5.32 Å². The molecule has 0 saturated carbocycles. The first-order chi connectivity index (χ1) is 10.9. The second-order valence-corrected chi connectivity index (χ2v) is 7.12. The molecule has 0 aliphatic heterocycles. The zero-order valence-corrected chi connectivity index (χ0v) is 15.5. The number of aromatic nitrogens is 1. The van der Waals surface area contributed by atoms with Crippen LogP contribution in [0.25, 0.3) is 22.6 Å². The number of hydrogen-bond donors (Lipinski definition) is 1. The monoisotopic (exact) mass is 440 g/mol. The van der Waals surface area contributed by atoms with Crippen molar-refractivity contribution in [3.05, 3.63) is 45.0 Å².